The van der Waals surface area contributed by atoms with Gasteiger partial charge in [-0.05, 0) is 0 Å². The van der Waals surface area contributed by atoms with Gasteiger partial charge >= 0.3 is 6.18 Å². The Kier molecular flexibility index (Phi) is 5.49. The van der Waals surface area contributed by atoms with Crippen molar-refractivity contribution in [2.24, 2.45) is 0 Å². The largest absolute Gasteiger partial charge is 0.428 e. The molecule has 0 saturated carbocycles. The van der Waals surface area contributed by atoms with Gasteiger partial charge in [0.25, 0.3) is 0 Å². The lowest BCUT2D eigenvalue weighted by molar-refractivity contribution is -0.256. The summed E-state index contributed by atoms with van der Waals surface area (Å²) in [6.07, 6.45) is -3.53. The molecule has 0 heterocycles. The van der Waals surface area contributed by atoms with Crippen LogP contribution in [0.1, 0.15) is 0 Å². The van der Waals surface area contributed by atoms with Crippen molar-refractivity contribution in [3.8, 4) is 0 Å². The van der Waals surface area contributed by atoms with Crippen molar-refractivity contribution in [3.05, 3.63) is 25.3 Å². The van der Waals surface area contributed by atoms with Gasteiger partial charge < -0.3 is 4.74 Å². The maximum Gasteiger partial charge on any atom is 0.428 e. The molecular formula is C9H14F3NO. The van der Waals surface area contributed by atoms with Crippen molar-refractivity contribution in [3.63, 3.8) is 0 Å². The van der Waals surface area contributed by atoms with E-state index >= 15 is 0 Å². The quantitative estimate of drug-likeness (QED) is 0.491. The van der Waals surface area contributed by atoms with E-state index in [-0.39, 0.29) is 13.1 Å². The molecule has 0 N–H and O–H groups in total. The number of alkyl halides is 3. The zero-order chi connectivity index (χ0) is 11.2. The van der Waals surface area contributed by atoms with E-state index in [0.717, 1.165) is 12.0 Å². The minimum Gasteiger partial charge on any atom is -0.357 e. The van der Waals surface area contributed by atoms with Crippen LogP contribution in [0.3, 0.4) is 0 Å². The molecule has 0 aliphatic carbocycles. The Balaban J connectivity index is 4.56. The van der Waals surface area contributed by atoms with Crippen molar-refractivity contribution in [2.75, 3.05) is 20.2 Å². The molecule has 2 nitrogen and oxygen atoms in total. The first kappa shape index (κ1) is 13.2. The maximum atomic E-state index is 12.4. The summed E-state index contributed by atoms with van der Waals surface area (Å²) in [5, 5.41) is 0. The van der Waals surface area contributed by atoms with E-state index in [2.05, 4.69) is 17.9 Å². The highest BCUT2D eigenvalue weighted by Gasteiger charge is 2.43. The van der Waals surface area contributed by atoms with Crippen LogP contribution in [0.2, 0.25) is 0 Å². The molecule has 0 fully saturated rings. The smallest absolute Gasteiger partial charge is 0.357 e. The van der Waals surface area contributed by atoms with Gasteiger partial charge in [-0.3, -0.25) is 4.90 Å². The van der Waals surface area contributed by atoms with Crippen LogP contribution in [-0.2, 0) is 4.74 Å². The molecule has 0 amide bonds. The molecular weight excluding hydrogens is 195 g/mol. The molecule has 0 aromatic heterocycles. The number of halogens is 3. The van der Waals surface area contributed by atoms with Crippen LogP contribution in [0.15, 0.2) is 25.3 Å². The van der Waals surface area contributed by atoms with Gasteiger partial charge in [0.2, 0.25) is 6.23 Å². The minimum atomic E-state index is -4.40. The third-order valence-corrected chi connectivity index (χ3v) is 1.56. The molecule has 14 heavy (non-hydrogen) atoms. The van der Waals surface area contributed by atoms with Gasteiger partial charge in [-0.2, -0.15) is 13.2 Å². The highest BCUT2D eigenvalue weighted by molar-refractivity contribution is 4.83. The van der Waals surface area contributed by atoms with Crippen LogP contribution in [-0.4, -0.2) is 37.5 Å². The topological polar surface area (TPSA) is 12.5 Å². The number of hydrogen-bond donors (Lipinski definition) is 0. The molecule has 0 radical (unpaired) electrons. The Morgan fingerprint density at radius 2 is 1.71 bits per heavy atom. The molecule has 1 unspecified atom stereocenters. The second-order valence-corrected chi connectivity index (χ2v) is 2.66. The lowest BCUT2D eigenvalue weighted by Gasteiger charge is -2.29. The molecule has 1 atom stereocenters. The highest BCUT2D eigenvalue weighted by atomic mass is 19.4. The lowest BCUT2D eigenvalue weighted by Crippen LogP contribution is -2.47. The average Bonchev–Trinajstić information content (AvgIpc) is 2.03. The third kappa shape index (κ3) is 3.93. The second-order valence-electron chi connectivity index (χ2n) is 2.66. The van der Waals surface area contributed by atoms with Gasteiger partial charge in [0.15, 0.2) is 0 Å². The fourth-order valence-electron chi connectivity index (χ4n) is 1.09. The molecule has 0 rings (SSSR count). The van der Waals surface area contributed by atoms with Crippen LogP contribution in [0.25, 0.3) is 0 Å². The first-order valence-corrected chi connectivity index (χ1v) is 4.02. The lowest BCUT2D eigenvalue weighted by atomic mass is 10.4. The van der Waals surface area contributed by atoms with Gasteiger partial charge in [0.05, 0.1) is 0 Å². The summed E-state index contributed by atoms with van der Waals surface area (Å²) < 4.78 is 41.5. The molecule has 0 aromatic rings. The van der Waals surface area contributed by atoms with Crippen molar-refractivity contribution >= 4 is 0 Å². The summed E-state index contributed by atoms with van der Waals surface area (Å²) in [5.41, 5.74) is 0. The first-order valence-electron chi connectivity index (χ1n) is 4.02. The van der Waals surface area contributed by atoms with Crippen molar-refractivity contribution in [2.45, 2.75) is 12.4 Å². The molecule has 82 valence electrons. The predicted octanol–water partition coefficient (Wildman–Crippen LogP) is 2.20. The molecule has 5 heteroatoms. The number of rotatable bonds is 6. The summed E-state index contributed by atoms with van der Waals surface area (Å²) in [4.78, 5) is 1.08. The normalized spacial score (nSPS) is 14.1. The monoisotopic (exact) mass is 209 g/mol. The van der Waals surface area contributed by atoms with Crippen LogP contribution in [0.4, 0.5) is 13.2 Å². The number of ether oxygens (including phenoxy) is 1. The van der Waals surface area contributed by atoms with Gasteiger partial charge in [-0.25, -0.2) is 0 Å². The molecule has 0 bridgehead atoms. The third-order valence-electron chi connectivity index (χ3n) is 1.56. The fourth-order valence-corrected chi connectivity index (χ4v) is 1.09. The van der Waals surface area contributed by atoms with Crippen LogP contribution in [0, 0.1) is 0 Å². The Bertz CT molecular complexity index is 181. The first-order chi connectivity index (χ1) is 6.47. The zero-order valence-electron chi connectivity index (χ0n) is 8.05. The molecule has 0 aliphatic rings. The van der Waals surface area contributed by atoms with Gasteiger partial charge in [0, 0.05) is 20.2 Å². The molecule has 0 aliphatic heterocycles. The van der Waals surface area contributed by atoms with Crippen molar-refractivity contribution < 1.29 is 17.9 Å². The summed E-state index contributed by atoms with van der Waals surface area (Å²) in [6.45, 7) is 6.97. The summed E-state index contributed by atoms with van der Waals surface area (Å²) in [5.74, 6) is 0. The maximum absolute atomic E-state index is 12.4. The molecule has 0 aromatic carbocycles. The van der Waals surface area contributed by atoms with Crippen LogP contribution >= 0.6 is 0 Å². The average molecular weight is 209 g/mol. The Hall–Kier alpha value is -0.810. The highest BCUT2D eigenvalue weighted by Crippen LogP contribution is 2.25. The second kappa shape index (κ2) is 5.82. The van der Waals surface area contributed by atoms with Gasteiger partial charge in [-0.1, -0.05) is 12.2 Å². The van der Waals surface area contributed by atoms with E-state index in [0.29, 0.717) is 0 Å². The Morgan fingerprint density at radius 1 is 1.29 bits per heavy atom. The van der Waals surface area contributed by atoms with Crippen molar-refractivity contribution in [1.29, 1.82) is 0 Å². The van der Waals surface area contributed by atoms with E-state index in [4.69, 9.17) is 0 Å². The molecule has 0 spiro atoms. The Labute approximate surface area is 81.6 Å². The van der Waals surface area contributed by atoms with Crippen LogP contribution in [0.5, 0.6) is 0 Å². The summed E-state index contributed by atoms with van der Waals surface area (Å²) in [7, 11) is 1.03. The minimum absolute atomic E-state index is 0.101. The summed E-state index contributed by atoms with van der Waals surface area (Å²) >= 11 is 0. The standard InChI is InChI=1S/C9H14F3NO/c1-4-6-13(7-5-2)8(14-3)9(10,11)12/h4-5,8H,1-2,6-7H2,3H3. The van der Waals surface area contributed by atoms with Gasteiger partial charge in [-0.15, -0.1) is 13.2 Å². The van der Waals surface area contributed by atoms with E-state index in [1.807, 2.05) is 0 Å². The summed E-state index contributed by atoms with van der Waals surface area (Å²) in [6, 6.07) is 0. The predicted molar refractivity (Wildman–Crippen MR) is 48.8 cm³/mol. The van der Waals surface area contributed by atoms with Gasteiger partial charge in [0.1, 0.15) is 0 Å². The SMILES string of the molecule is C=CCN(CC=C)C(OC)C(F)(F)F. The van der Waals surface area contributed by atoms with Crippen molar-refractivity contribution in [1.82, 2.24) is 4.90 Å². The van der Waals surface area contributed by atoms with Crippen LogP contribution < -0.4 is 0 Å². The van der Waals surface area contributed by atoms with E-state index in [1.54, 1.807) is 0 Å². The van der Waals surface area contributed by atoms with E-state index < -0.39 is 12.4 Å². The molecule has 0 saturated heterocycles. The van der Waals surface area contributed by atoms with E-state index in [9.17, 15) is 13.2 Å². The number of hydrogen-bond acceptors (Lipinski definition) is 2. The fraction of sp³-hybridized carbons (Fsp3) is 0.556. The zero-order valence-corrected chi connectivity index (χ0v) is 8.05. The van der Waals surface area contributed by atoms with E-state index in [1.165, 1.54) is 12.2 Å². The number of nitrogens with zero attached hydrogens (tertiary/aromatic N) is 1. The Morgan fingerprint density at radius 3 is 1.93 bits per heavy atom. The number of methoxy groups -OCH3 is 1.